The second-order valence-corrected chi connectivity index (χ2v) is 9.27. The highest BCUT2D eigenvalue weighted by Crippen LogP contribution is 2.51. The monoisotopic (exact) mass is 448 g/mol. The lowest BCUT2D eigenvalue weighted by molar-refractivity contribution is 0.105. The van der Waals surface area contributed by atoms with E-state index in [-0.39, 0.29) is 11.2 Å². The molecular weight excluding hydrogens is 428 g/mol. The molecule has 1 saturated heterocycles. The van der Waals surface area contributed by atoms with Crippen LogP contribution in [0.3, 0.4) is 0 Å². The molecule has 1 heterocycles. The molecule has 0 spiro atoms. The maximum Gasteiger partial charge on any atom is 0.193 e. The van der Waals surface area contributed by atoms with Gasteiger partial charge in [0.15, 0.2) is 5.78 Å². The molecule has 5 rings (SSSR count). The van der Waals surface area contributed by atoms with E-state index in [2.05, 4.69) is 46.8 Å². The average Bonchev–Trinajstić information content (AvgIpc) is 3.12. The molecule has 3 aliphatic rings. The number of nitrogens with zero attached hydrogens (tertiary/aromatic N) is 2. The van der Waals surface area contributed by atoms with Gasteiger partial charge >= 0.3 is 0 Å². The predicted molar refractivity (Wildman–Crippen MR) is 116 cm³/mol. The maximum atomic E-state index is 13.6. The van der Waals surface area contributed by atoms with Crippen molar-refractivity contribution in [3.63, 3.8) is 0 Å². The third kappa shape index (κ3) is 2.70. The number of halogens is 1. The zero-order valence-electron chi connectivity index (χ0n) is 16.5. The van der Waals surface area contributed by atoms with Crippen molar-refractivity contribution in [1.29, 1.82) is 5.26 Å². The fraction of sp³-hybridized carbons (Fsp3) is 0.333. The smallest absolute Gasteiger partial charge is 0.193 e. The molecule has 4 nitrogen and oxygen atoms in total. The summed E-state index contributed by atoms with van der Waals surface area (Å²) in [6, 6.07) is 12.1. The Morgan fingerprint density at radius 3 is 2.62 bits per heavy atom. The fourth-order valence-electron chi connectivity index (χ4n) is 4.90. The summed E-state index contributed by atoms with van der Waals surface area (Å²) in [5, 5.41) is 9.26. The van der Waals surface area contributed by atoms with Crippen molar-refractivity contribution < 1.29 is 9.53 Å². The lowest BCUT2D eigenvalue weighted by Gasteiger charge is -2.37. The lowest BCUT2D eigenvalue weighted by Crippen LogP contribution is -2.37. The van der Waals surface area contributed by atoms with E-state index in [9.17, 15) is 10.1 Å². The number of morpholine rings is 1. The van der Waals surface area contributed by atoms with E-state index in [4.69, 9.17) is 4.74 Å². The number of ether oxygens (including phenoxy) is 1. The largest absolute Gasteiger partial charge is 0.378 e. The number of hydrogen-bond donors (Lipinski definition) is 0. The van der Waals surface area contributed by atoms with E-state index in [1.54, 1.807) is 0 Å². The highest BCUT2D eigenvalue weighted by Gasteiger charge is 2.43. The summed E-state index contributed by atoms with van der Waals surface area (Å²) in [5.41, 5.74) is 7.42. The molecule has 0 atom stereocenters. The normalized spacial score (nSPS) is 19.5. The first-order chi connectivity index (χ1) is 13.9. The number of ketones is 1. The number of nitriles is 1. The Bertz CT molecular complexity index is 1130. The Morgan fingerprint density at radius 1 is 1.14 bits per heavy atom. The summed E-state index contributed by atoms with van der Waals surface area (Å²) in [5.74, 6) is 0.0898. The number of fused-ring (bicyclic) bond motifs is 3. The van der Waals surface area contributed by atoms with Crippen molar-refractivity contribution in [2.24, 2.45) is 0 Å². The molecule has 0 unspecified atom stereocenters. The SMILES string of the molecule is CC1(C)C2=C(C(=O)c3cc(Br)c(N4CCOCC4)cc31)c1ccc(C#N)cc1C2. The van der Waals surface area contributed by atoms with Crippen LogP contribution in [0.2, 0.25) is 0 Å². The van der Waals surface area contributed by atoms with Gasteiger partial charge in [0.1, 0.15) is 0 Å². The van der Waals surface area contributed by atoms with Crippen LogP contribution < -0.4 is 4.90 Å². The molecule has 0 amide bonds. The van der Waals surface area contributed by atoms with Crippen LogP contribution in [0.15, 0.2) is 40.4 Å². The van der Waals surface area contributed by atoms with Crippen LogP contribution in [0.5, 0.6) is 0 Å². The van der Waals surface area contributed by atoms with Crippen LogP contribution >= 0.6 is 15.9 Å². The number of Topliss-reactive ketones (excluding diaryl/α,β-unsaturated/α-hetero) is 1. The summed E-state index contributed by atoms with van der Waals surface area (Å²) >= 11 is 3.71. The number of anilines is 1. The molecule has 0 saturated carbocycles. The Kier molecular flexibility index (Phi) is 4.20. The van der Waals surface area contributed by atoms with Crippen molar-refractivity contribution >= 4 is 33.0 Å². The van der Waals surface area contributed by atoms with Crippen LogP contribution in [0.1, 0.15) is 46.5 Å². The number of hydrogen-bond acceptors (Lipinski definition) is 4. The Morgan fingerprint density at radius 2 is 1.90 bits per heavy atom. The molecule has 0 bridgehead atoms. The van der Waals surface area contributed by atoms with Crippen LogP contribution in [0, 0.1) is 11.3 Å². The molecule has 146 valence electrons. The summed E-state index contributed by atoms with van der Waals surface area (Å²) in [6.45, 7) is 7.56. The van der Waals surface area contributed by atoms with Crippen LogP contribution in [0.25, 0.3) is 5.57 Å². The summed E-state index contributed by atoms with van der Waals surface area (Å²) in [7, 11) is 0. The van der Waals surface area contributed by atoms with E-state index in [0.29, 0.717) is 5.56 Å². The standard InChI is InChI=1S/C24H21BrN2O2/c1-24(2)18-12-21(27-5-7-29-8-6-27)20(25)11-17(18)23(28)22-16-4-3-14(13-26)9-15(16)10-19(22)24/h3-4,9,11-12H,5-8,10H2,1-2H3. The van der Waals surface area contributed by atoms with Gasteiger partial charge in [0, 0.05) is 34.1 Å². The molecule has 5 heteroatoms. The second-order valence-electron chi connectivity index (χ2n) is 8.42. The summed E-state index contributed by atoms with van der Waals surface area (Å²) in [6.07, 6.45) is 0.724. The van der Waals surface area contributed by atoms with E-state index < -0.39 is 0 Å². The van der Waals surface area contributed by atoms with Gasteiger partial charge in [-0.1, -0.05) is 19.9 Å². The minimum Gasteiger partial charge on any atom is -0.378 e. The van der Waals surface area contributed by atoms with Crippen molar-refractivity contribution in [2.45, 2.75) is 25.7 Å². The van der Waals surface area contributed by atoms with Gasteiger partial charge in [0.05, 0.1) is 30.5 Å². The number of carbonyl (C=O) groups excluding carboxylic acids is 1. The van der Waals surface area contributed by atoms with Gasteiger partial charge in [-0.2, -0.15) is 5.26 Å². The van der Waals surface area contributed by atoms with E-state index in [1.807, 2.05) is 24.3 Å². The van der Waals surface area contributed by atoms with Gasteiger partial charge in [-0.3, -0.25) is 4.79 Å². The average molecular weight is 449 g/mol. The molecule has 2 aliphatic carbocycles. The first-order valence-electron chi connectivity index (χ1n) is 9.90. The minimum atomic E-state index is -0.258. The predicted octanol–water partition coefficient (Wildman–Crippen LogP) is 4.64. The molecule has 0 aromatic heterocycles. The quantitative estimate of drug-likeness (QED) is 0.637. The topological polar surface area (TPSA) is 53.3 Å². The van der Waals surface area contributed by atoms with Gasteiger partial charge in [0.2, 0.25) is 0 Å². The van der Waals surface area contributed by atoms with Gasteiger partial charge in [-0.25, -0.2) is 0 Å². The highest BCUT2D eigenvalue weighted by molar-refractivity contribution is 9.10. The van der Waals surface area contributed by atoms with E-state index in [0.717, 1.165) is 76.3 Å². The van der Waals surface area contributed by atoms with E-state index in [1.165, 1.54) is 0 Å². The summed E-state index contributed by atoms with van der Waals surface area (Å²) in [4.78, 5) is 15.9. The van der Waals surface area contributed by atoms with Gasteiger partial charge in [-0.05, 0) is 68.9 Å². The number of benzene rings is 2. The zero-order chi connectivity index (χ0) is 20.3. The Balaban J connectivity index is 1.65. The van der Waals surface area contributed by atoms with E-state index >= 15 is 0 Å². The molecule has 2 aromatic carbocycles. The van der Waals surface area contributed by atoms with Gasteiger partial charge in [-0.15, -0.1) is 0 Å². The number of allylic oxidation sites excluding steroid dienone is 2. The van der Waals surface area contributed by atoms with Gasteiger partial charge in [0.25, 0.3) is 0 Å². The van der Waals surface area contributed by atoms with Crippen LogP contribution in [-0.2, 0) is 16.6 Å². The zero-order valence-corrected chi connectivity index (χ0v) is 18.1. The minimum absolute atomic E-state index is 0.0898. The Labute approximate surface area is 178 Å². The molecule has 0 radical (unpaired) electrons. The molecule has 0 N–H and O–H groups in total. The summed E-state index contributed by atoms with van der Waals surface area (Å²) < 4.78 is 6.45. The third-order valence-corrected chi connectivity index (χ3v) is 7.15. The molecule has 2 aromatic rings. The molecule has 1 aliphatic heterocycles. The molecule has 29 heavy (non-hydrogen) atoms. The number of carbonyl (C=O) groups is 1. The molecular formula is C24H21BrN2O2. The van der Waals surface area contributed by atoms with Crippen LogP contribution in [0.4, 0.5) is 5.69 Å². The van der Waals surface area contributed by atoms with Crippen molar-refractivity contribution in [2.75, 3.05) is 31.2 Å². The third-order valence-electron chi connectivity index (χ3n) is 6.51. The lowest BCUT2D eigenvalue weighted by atomic mass is 9.68. The van der Waals surface area contributed by atoms with Gasteiger partial charge < -0.3 is 9.64 Å². The first-order valence-corrected chi connectivity index (χ1v) is 10.7. The second kappa shape index (κ2) is 6.55. The Hall–Kier alpha value is -2.42. The molecule has 1 fully saturated rings. The van der Waals surface area contributed by atoms with Crippen molar-refractivity contribution in [3.05, 3.63) is 68.2 Å². The van der Waals surface area contributed by atoms with Crippen molar-refractivity contribution in [3.8, 4) is 6.07 Å². The van der Waals surface area contributed by atoms with Crippen LogP contribution in [-0.4, -0.2) is 32.1 Å². The fourth-order valence-corrected chi connectivity index (χ4v) is 5.49. The van der Waals surface area contributed by atoms with Crippen molar-refractivity contribution in [1.82, 2.24) is 0 Å². The first kappa shape index (κ1) is 18.6. The number of rotatable bonds is 1. The maximum absolute atomic E-state index is 13.6. The highest BCUT2D eigenvalue weighted by atomic mass is 79.9.